The van der Waals surface area contributed by atoms with Crippen molar-refractivity contribution in [3.05, 3.63) is 119 Å². The summed E-state index contributed by atoms with van der Waals surface area (Å²) in [4.78, 5) is 0. The smallest absolute Gasteiger partial charge is 0.205 e. The zero-order chi connectivity index (χ0) is 49.0. The van der Waals surface area contributed by atoms with Gasteiger partial charge in [0.2, 0.25) is 0 Å². The second kappa shape index (κ2) is 15.1. The standard InChI is InChI=1S/C33F27N3/c34-19-10(13(28(43,44)45)22(37)25(40)16(19)31(52,53)54)4(1-61)7-8(5(2-62)11-14(29(46,47)48)23(38)26(41)17(20(11)35)32(55,56)57)9(7)6(3-63)12-15(30(49,50)51)24(39)27(42)18(21(12)36)33(58,59)60. The van der Waals surface area contributed by atoms with E-state index in [2.05, 4.69) is 0 Å². The molecule has 4 rings (SSSR count). The summed E-state index contributed by atoms with van der Waals surface area (Å²) in [5.41, 5.74) is -50.6. The molecule has 0 atom stereocenters. The van der Waals surface area contributed by atoms with Crippen LogP contribution in [0.2, 0.25) is 0 Å². The Kier molecular flexibility index (Phi) is 11.8. The first kappa shape index (κ1) is 49.1. The van der Waals surface area contributed by atoms with Crippen molar-refractivity contribution in [3.63, 3.8) is 0 Å². The molecular formula is C33F27N3. The third-order valence-corrected chi connectivity index (χ3v) is 8.19. The van der Waals surface area contributed by atoms with E-state index in [-0.39, 0.29) is 18.2 Å². The average Bonchev–Trinajstić information content (AvgIpc) is 3.79. The molecule has 1 saturated carbocycles. The van der Waals surface area contributed by atoms with Crippen molar-refractivity contribution in [2.75, 3.05) is 0 Å². The first-order chi connectivity index (χ1) is 28.3. The van der Waals surface area contributed by atoms with E-state index in [1.807, 2.05) is 0 Å². The third-order valence-electron chi connectivity index (χ3n) is 8.19. The summed E-state index contributed by atoms with van der Waals surface area (Å²) < 4.78 is 386. The maximum Gasteiger partial charge on any atom is 0.422 e. The van der Waals surface area contributed by atoms with Crippen molar-refractivity contribution >= 4 is 16.7 Å². The van der Waals surface area contributed by atoms with Crippen LogP contribution < -0.4 is 0 Å². The van der Waals surface area contributed by atoms with Crippen LogP contribution in [0, 0.1) is 86.3 Å². The van der Waals surface area contributed by atoms with E-state index >= 15 is 13.2 Å². The lowest BCUT2D eigenvalue weighted by Crippen LogP contribution is -2.22. The largest absolute Gasteiger partial charge is 0.422 e. The maximum atomic E-state index is 15.6. The highest BCUT2D eigenvalue weighted by Crippen LogP contribution is 2.60. The predicted molar refractivity (Wildman–Crippen MR) is 147 cm³/mol. The Hall–Kier alpha value is -6.54. The third kappa shape index (κ3) is 7.92. The first-order valence-electron chi connectivity index (χ1n) is 14.8. The van der Waals surface area contributed by atoms with Crippen LogP contribution in [0.3, 0.4) is 0 Å². The van der Waals surface area contributed by atoms with Crippen LogP contribution in [0.4, 0.5) is 119 Å². The van der Waals surface area contributed by atoms with Crippen molar-refractivity contribution < 1.29 is 119 Å². The molecule has 0 saturated heterocycles. The number of rotatable bonds is 3. The monoisotopic (exact) mass is 951 g/mol. The van der Waals surface area contributed by atoms with Crippen molar-refractivity contribution in [3.8, 4) is 18.2 Å². The van der Waals surface area contributed by atoms with Gasteiger partial charge in [0.05, 0.1) is 16.7 Å². The van der Waals surface area contributed by atoms with Crippen molar-refractivity contribution in [1.29, 1.82) is 15.8 Å². The zero-order valence-electron chi connectivity index (χ0n) is 28.0. The summed E-state index contributed by atoms with van der Waals surface area (Å²) in [5, 5.41) is 29.4. The van der Waals surface area contributed by atoms with Gasteiger partial charge in [-0.15, -0.1) is 0 Å². The van der Waals surface area contributed by atoms with E-state index in [9.17, 15) is 121 Å². The SMILES string of the molecule is N#CC(=C1C(=C(C#N)c2c(F)c(C(F)(F)F)c(F)c(F)c2C(F)(F)F)C1=C(C#N)c1c(F)c(C(F)(F)F)c(F)c(F)c1C(F)(F)F)c1c(F)c(C(F)(F)F)c(F)c(F)c1C(F)(F)F. The Bertz CT molecular complexity index is 2430. The highest BCUT2D eigenvalue weighted by atomic mass is 19.4. The second-order valence-electron chi connectivity index (χ2n) is 11.8. The number of hydrogen-bond acceptors (Lipinski definition) is 3. The zero-order valence-corrected chi connectivity index (χ0v) is 28.0. The lowest BCUT2D eigenvalue weighted by molar-refractivity contribution is -0.147. The minimum absolute atomic E-state index is 0.147. The molecule has 336 valence electrons. The van der Waals surface area contributed by atoms with Gasteiger partial charge in [-0.05, 0) is 0 Å². The summed E-state index contributed by atoms with van der Waals surface area (Å²) in [6.07, 6.45) is -41.0. The number of benzene rings is 3. The van der Waals surface area contributed by atoms with E-state index in [0.717, 1.165) is 0 Å². The summed E-state index contributed by atoms with van der Waals surface area (Å²) in [7, 11) is 0. The number of allylic oxidation sites excluding steroid dienone is 6. The molecule has 0 N–H and O–H groups in total. The van der Waals surface area contributed by atoms with Crippen molar-refractivity contribution in [2.24, 2.45) is 0 Å². The van der Waals surface area contributed by atoms with Gasteiger partial charge in [0.25, 0.3) is 0 Å². The van der Waals surface area contributed by atoms with E-state index < -0.39 is 173 Å². The van der Waals surface area contributed by atoms with Gasteiger partial charge in [0, 0.05) is 33.4 Å². The first-order valence-corrected chi connectivity index (χ1v) is 14.8. The van der Waals surface area contributed by atoms with Gasteiger partial charge in [-0.25, -0.2) is 39.5 Å². The Labute approximate surface area is 326 Å². The van der Waals surface area contributed by atoms with E-state index in [0.29, 0.717) is 0 Å². The fourth-order valence-electron chi connectivity index (χ4n) is 5.88. The summed E-state index contributed by atoms with van der Waals surface area (Å²) in [5.74, 6) is -35.0. The van der Waals surface area contributed by atoms with Gasteiger partial charge in [-0.2, -0.15) is 94.8 Å². The molecule has 0 aliphatic heterocycles. The molecule has 0 spiro atoms. The lowest BCUT2D eigenvalue weighted by Gasteiger charge is -2.19. The van der Waals surface area contributed by atoms with Gasteiger partial charge >= 0.3 is 37.1 Å². The summed E-state index contributed by atoms with van der Waals surface area (Å²) in [6, 6.07) is 0.441. The molecule has 3 aromatic rings. The Balaban J connectivity index is 2.65. The quantitative estimate of drug-likeness (QED) is 0.149. The number of halogens is 27. The molecule has 1 aliphatic carbocycles. The minimum Gasteiger partial charge on any atom is -0.205 e. The molecule has 0 radical (unpaired) electrons. The molecule has 0 aromatic heterocycles. The van der Waals surface area contributed by atoms with Crippen LogP contribution in [-0.2, 0) is 37.1 Å². The molecular weight excluding hydrogens is 951 g/mol. The molecule has 0 bridgehead atoms. The minimum atomic E-state index is -6.89. The number of alkyl halides is 18. The topological polar surface area (TPSA) is 71.4 Å². The van der Waals surface area contributed by atoms with Crippen LogP contribution in [0.5, 0.6) is 0 Å². The molecule has 3 nitrogen and oxygen atoms in total. The molecule has 3 aromatic carbocycles. The van der Waals surface area contributed by atoms with Gasteiger partial charge < -0.3 is 0 Å². The maximum absolute atomic E-state index is 15.6. The van der Waals surface area contributed by atoms with Crippen molar-refractivity contribution in [1.82, 2.24) is 0 Å². The fourth-order valence-corrected chi connectivity index (χ4v) is 5.88. The second-order valence-corrected chi connectivity index (χ2v) is 11.8. The predicted octanol–water partition coefficient (Wildman–Crippen LogP) is 13.3. The number of hydrogen-bond donors (Lipinski definition) is 0. The normalized spacial score (nSPS) is 13.8. The van der Waals surface area contributed by atoms with Gasteiger partial charge in [0.15, 0.2) is 34.9 Å². The van der Waals surface area contributed by atoms with Crippen LogP contribution in [0.25, 0.3) is 16.7 Å². The van der Waals surface area contributed by atoms with Crippen LogP contribution in [0.1, 0.15) is 50.1 Å². The van der Waals surface area contributed by atoms with E-state index in [4.69, 9.17) is 0 Å². The lowest BCUT2D eigenvalue weighted by atomic mass is 9.92. The van der Waals surface area contributed by atoms with Crippen LogP contribution in [-0.4, -0.2) is 0 Å². The number of nitrogens with zero attached hydrogens (tertiary/aromatic N) is 3. The van der Waals surface area contributed by atoms with Gasteiger partial charge in [-0.1, -0.05) is 0 Å². The van der Waals surface area contributed by atoms with E-state index in [1.165, 1.54) is 0 Å². The van der Waals surface area contributed by atoms with Gasteiger partial charge in [-0.3, -0.25) is 0 Å². The summed E-state index contributed by atoms with van der Waals surface area (Å²) >= 11 is 0. The molecule has 0 amide bonds. The Morgan fingerprint density at radius 2 is 0.397 bits per heavy atom. The molecule has 1 fully saturated rings. The number of nitriles is 3. The fraction of sp³-hybridized carbons (Fsp3) is 0.182. The Morgan fingerprint density at radius 1 is 0.254 bits per heavy atom. The molecule has 1 aliphatic rings. The molecule has 0 heterocycles. The molecule has 63 heavy (non-hydrogen) atoms. The van der Waals surface area contributed by atoms with Crippen LogP contribution in [0.15, 0.2) is 16.7 Å². The van der Waals surface area contributed by atoms with E-state index in [1.54, 1.807) is 0 Å². The highest BCUT2D eigenvalue weighted by molar-refractivity contribution is 6.13. The van der Waals surface area contributed by atoms with Crippen molar-refractivity contribution in [2.45, 2.75) is 37.1 Å². The molecule has 30 heteroatoms. The summed E-state index contributed by atoms with van der Waals surface area (Å²) in [6.45, 7) is 0. The van der Waals surface area contributed by atoms with Crippen LogP contribution >= 0.6 is 0 Å². The Morgan fingerprint density at radius 3 is 0.524 bits per heavy atom. The van der Waals surface area contributed by atoms with Gasteiger partial charge in [0.1, 0.15) is 69.0 Å². The molecule has 0 unspecified atom stereocenters. The average molecular weight is 951 g/mol. The highest BCUT2D eigenvalue weighted by Gasteiger charge is 2.55.